The molecule has 1 saturated heterocycles. The Hall–Kier alpha value is -2.81. The first-order chi connectivity index (χ1) is 15.2. The lowest BCUT2D eigenvalue weighted by Gasteiger charge is -2.25. The number of aryl methyl sites for hydroxylation is 1. The molecule has 0 radical (unpaired) electrons. The Morgan fingerprint density at radius 2 is 1.97 bits per heavy atom. The molecule has 0 saturated carbocycles. The van der Waals surface area contributed by atoms with E-state index in [0.29, 0.717) is 13.1 Å². The molecule has 2 aromatic carbocycles. The maximum absolute atomic E-state index is 12.1. The highest BCUT2D eigenvalue weighted by Crippen LogP contribution is 2.27. The van der Waals surface area contributed by atoms with Crippen LogP contribution in [0.3, 0.4) is 0 Å². The third-order valence-corrected chi connectivity index (χ3v) is 7.21. The number of benzene rings is 2. The lowest BCUT2D eigenvalue weighted by atomic mass is 9.98. The predicted molar refractivity (Wildman–Crippen MR) is 125 cm³/mol. The van der Waals surface area contributed by atoms with Gasteiger partial charge in [0.1, 0.15) is 0 Å². The molecule has 1 aromatic heterocycles. The molecule has 1 amide bonds. The number of sulfonamides is 1. The quantitative estimate of drug-likeness (QED) is 0.656. The lowest BCUT2D eigenvalue weighted by Crippen LogP contribution is -2.34. The second-order valence-corrected chi connectivity index (χ2v) is 10.0. The van der Waals surface area contributed by atoms with Crippen LogP contribution in [0, 0.1) is 6.92 Å². The molecule has 3 aromatic rings. The van der Waals surface area contributed by atoms with Crippen molar-refractivity contribution in [2.75, 3.05) is 26.2 Å². The van der Waals surface area contributed by atoms with E-state index in [1.807, 2.05) is 29.3 Å². The number of nitrogens with two attached hydrogens (primary N) is 1. The zero-order valence-corrected chi connectivity index (χ0v) is 19.2. The van der Waals surface area contributed by atoms with Crippen LogP contribution in [0.5, 0.6) is 0 Å². The van der Waals surface area contributed by atoms with Crippen molar-refractivity contribution in [2.24, 2.45) is 5.14 Å². The molecule has 0 bridgehead atoms. The summed E-state index contributed by atoms with van der Waals surface area (Å²) in [6.45, 7) is 7.43. The van der Waals surface area contributed by atoms with Crippen LogP contribution in [0.4, 0.5) is 0 Å². The van der Waals surface area contributed by atoms with Gasteiger partial charge in [-0.1, -0.05) is 24.3 Å². The van der Waals surface area contributed by atoms with E-state index >= 15 is 0 Å². The largest absolute Gasteiger partial charge is 0.341 e. The third-order valence-electron chi connectivity index (χ3n) is 6.30. The predicted octanol–water partition coefficient (Wildman–Crippen LogP) is 2.64. The van der Waals surface area contributed by atoms with Crippen molar-refractivity contribution in [1.82, 2.24) is 14.8 Å². The average Bonchev–Trinajstić information content (AvgIpc) is 2.98. The highest BCUT2D eigenvalue weighted by molar-refractivity contribution is 7.89. The Morgan fingerprint density at radius 3 is 2.66 bits per heavy atom. The standard InChI is InChI=1S/C24H28N4O3S/c1-17-21(6-5-19-12-23(32(25,30)31)7-8-24(17)19)14-27-10-11-28(18(2)29)16-22(15-27)20-4-3-9-26-13-20/h3-9,12-13,22H,10-11,14-16H2,1-2H3,(H2,25,30,31)/t22-/m1/s1. The van der Waals surface area contributed by atoms with E-state index in [1.54, 1.807) is 25.3 Å². The van der Waals surface area contributed by atoms with E-state index < -0.39 is 10.0 Å². The van der Waals surface area contributed by atoms with Gasteiger partial charge in [-0.3, -0.25) is 14.7 Å². The number of fused-ring (bicyclic) bond motifs is 1. The zero-order valence-electron chi connectivity index (χ0n) is 18.4. The first-order valence-electron chi connectivity index (χ1n) is 10.6. The summed E-state index contributed by atoms with van der Waals surface area (Å²) in [4.78, 5) is 20.8. The molecule has 1 aliphatic rings. The van der Waals surface area contributed by atoms with E-state index in [1.165, 1.54) is 5.56 Å². The van der Waals surface area contributed by atoms with Gasteiger partial charge in [-0.2, -0.15) is 0 Å². The molecule has 2 N–H and O–H groups in total. The summed E-state index contributed by atoms with van der Waals surface area (Å²) in [6.07, 6.45) is 3.65. The summed E-state index contributed by atoms with van der Waals surface area (Å²) in [7, 11) is -3.73. The van der Waals surface area contributed by atoms with E-state index in [9.17, 15) is 13.2 Å². The fraction of sp³-hybridized carbons (Fsp3) is 0.333. The summed E-state index contributed by atoms with van der Waals surface area (Å²) in [5.74, 6) is 0.279. The molecule has 32 heavy (non-hydrogen) atoms. The lowest BCUT2D eigenvalue weighted by molar-refractivity contribution is -0.128. The highest BCUT2D eigenvalue weighted by atomic mass is 32.2. The number of primary sulfonamides is 1. The van der Waals surface area contributed by atoms with Crippen LogP contribution in [-0.4, -0.2) is 55.3 Å². The Morgan fingerprint density at radius 1 is 1.16 bits per heavy atom. The number of aromatic nitrogens is 1. The number of rotatable bonds is 4. The van der Waals surface area contributed by atoms with Crippen LogP contribution in [0.2, 0.25) is 0 Å². The number of hydrogen-bond donors (Lipinski definition) is 1. The molecule has 1 aliphatic heterocycles. The number of hydrogen-bond acceptors (Lipinski definition) is 5. The van der Waals surface area contributed by atoms with Crippen molar-refractivity contribution < 1.29 is 13.2 Å². The second-order valence-electron chi connectivity index (χ2n) is 8.46. The Labute approximate surface area is 188 Å². The van der Waals surface area contributed by atoms with Crippen LogP contribution in [0.15, 0.2) is 59.8 Å². The van der Waals surface area contributed by atoms with Gasteiger partial charge in [-0.25, -0.2) is 13.6 Å². The number of carbonyl (C=O) groups is 1. The van der Waals surface area contributed by atoms with Gasteiger partial charge in [-0.15, -0.1) is 0 Å². The molecular formula is C24H28N4O3S. The van der Waals surface area contributed by atoms with E-state index in [4.69, 9.17) is 5.14 Å². The monoisotopic (exact) mass is 452 g/mol. The maximum atomic E-state index is 12.1. The fourth-order valence-electron chi connectivity index (χ4n) is 4.44. The molecule has 0 unspecified atom stereocenters. The van der Waals surface area contributed by atoms with Crippen molar-refractivity contribution >= 4 is 26.7 Å². The van der Waals surface area contributed by atoms with Crippen molar-refractivity contribution in [2.45, 2.75) is 31.2 Å². The first-order valence-corrected chi connectivity index (χ1v) is 12.2. The first kappa shape index (κ1) is 22.4. The van der Waals surface area contributed by atoms with Crippen LogP contribution in [0.1, 0.15) is 29.5 Å². The summed E-state index contributed by atoms with van der Waals surface area (Å²) in [6, 6.07) is 13.0. The van der Waals surface area contributed by atoms with Crippen molar-refractivity contribution in [3.8, 4) is 0 Å². The molecule has 0 aliphatic carbocycles. The van der Waals surface area contributed by atoms with Crippen molar-refractivity contribution in [3.05, 3.63) is 71.5 Å². The molecule has 8 heteroatoms. The minimum Gasteiger partial charge on any atom is -0.341 e. The SMILES string of the molecule is CC(=O)N1CCN(Cc2ccc3cc(S(N)(=O)=O)ccc3c2C)C[C@@H](c2cccnc2)C1. The van der Waals surface area contributed by atoms with Crippen molar-refractivity contribution in [3.63, 3.8) is 0 Å². The molecule has 1 atom stereocenters. The summed E-state index contributed by atoms with van der Waals surface area (Å²) in [5.41, 5.74) is 3.44. The molecular weight excluding hydrogens is 424 g/mol. The van der Waals surface area contributed by atoms with Crippen LogP contribution >= 0.6 is 0 Å². The highest BCUT2D eigenvalue weighted by Gasteiger charge is 2.26. The van der Waals surface area contributed by atoms with Gasteiger partial charge in [0.25, 0.3) is 0 Å². The fourth-order valence-corrected chi connectivity index (χ4v) is 4.98. The molecule has 2 heterocycles. The van der Waals surface area contributed by atoms with Gasteiger partial charge in [-0.05, 0) is 52.6 Å². The van der Waals surface area contributed by atoms with Gasteiger partial charge in [0.05, 0.1) is 4.90 Å². The Bertz CT molecular complexity index is 1240. The van der Waals surface area contributed by atoms with Crippen LogP contribution in [-0.2, 0) is 21.4 Å². The number of pyridine rings is 1. The molecule has 1 fully saturated rings. The number of carbonyl (C=O) groups excluding carboxylic acids is 1. The third kappa shape index (κ3) is 4.82. The van der Waals surface area contributed by atoms with Crippen LogP contribution in [0.25, 0.3) is 10.8 Å². The summed E-state index contributed by atoms with van der Waals surface area (Å²) in [5, 5.41) is 7.15. The van der Waals surface area contributed by atoms with E-state index in [-0.39, 0.29) is 16.7 Å². The smallest absolute Gasteiger partial charge is 0.238 e. The van der Waals surface area contributed by atoms with Gasteiger partial charge in [0.2, 0.25) is 15.9 Å². The molecule has 4 rings (SSSR count). The van der Waals surface area contributed by atoms with Gasteiger partial charge >= 0.3 is 0 Å². The number of nitrogens with zero attached hydrogens (tertiary/aromatic N) is 3. The summed E-state index contributed by atoms with van der Waals surface area (Å²) >= 11 is 0. The minimum absolute atomic E-state index is 0.0910. The molecule has 0 spiro atoms. The normalized spacial score (nSPS) is 18.0. The van der Waals surface area contributed by atoms with Crippen LogP contribution < -0.4 is 5.14 Å². The average molecular weight is 453 g/mol. The van der Waals surface area contributed by atoms with Gasteiger partial charge in [0, 0.05) is 58.0 Å². The van der Waals surface area contributed by atoms with Gasteiger partial charge in [0.15, 0.2) is 0 Å². The Balaban J connectivity index is 1.62. The zero-order chi connectivity index (χ0) is 22.9. The molecule has 168 valence electrons. The van der Waals surface area contributed by atoms with E-state index in [0.717, 1.165) is 41.5 Å². The topological polar surface area (TPSA) is 96.6 Å². The summed E-state index contributed by atoms with van der Waals surface area (Å²) < 4.78 is 23.4. The van der Waals surface area contributed by atoms with Gasteiger partial charge < -0.3 is 4.90 Å². The Kier molecular flexibility index (Phi) is 6.28. The minimum atomic E-state index is -3.73. The molecule has 7 nitrogen and oxygen atoms in total. The number of amides is 1. The maximum Gasteiger partial charge on any atom is 0.238 e. The van der Waals surface area contributed by atoms with E-state index in [2.05, 4.69) is 28.9 Å². The second kappa shape index (κ2) is 8.97. The van der Waals surface area contributed by atoms with Crippen molar-refractivity contribution in [1.29, 1.82) is 0 Å².